The molecule has 1 aliphatic heterocycles. The molecule has 2 heteroatoms. The SMILES string of the molecule is C1CC([C@H]2CNCCOC2)C1. The zero-order valence-electron chi connectivity index (χ0n) is 7.01. The predicted octanol–water partition coefficient (Wildman–Crippen LogP) is 1.02. The second-order valence-electron chi connectivity index (χ2n) is 3.73. The number of hydrogen-bond acceptors (Lipinski definition) is 2. The summed E-state index contributed by atoms with van der Waals surface area (Å²) in [4.78, 5) is 0. The molecule has 1 atom stereocenters. The average molecular weight is 155 g/mol. The Morgan fingerprint density at radius 1 is 1.18 bits per heavy atom. The van der Waals surface area contributed by atoms with E-state index in [0.29, 0.717) is 0 Å². The average Bonchev–Trinajstić information content (AvgIpc) is 2.12. The summed E-state index contributed by atoms with van der Waals surface area (Å²) in [5.74, 6) is 1.78. The predicted molar refractivity (Wildman–Crippen MR) is 44.5 cm³/mol. The van der Waals surface area contributed by atoms with Crippen LogP contribution >= 0.6 is 0 Å². The number of hydrogen-bond donors (Lipinski definition) is 1. The molecular weight excluding hydrogens is 138 g/mol. The van der Waals surface area contributed by atoms with E-state index >= 15 is 0 Å². The van der Waals surface area contributed by atoms with Crippen LogP contribution in [-0.4, -0.2) is 26.3 Å². The van der Waals surface area contributed by atoms with Crippen molar-refractivity contribution in [3.8, 4) is 0 Å². The van der Waals surface area contributed by atoms with Crippen molar-refractivity contribution in [1.29, 1.82) is 0 Å². The summed E-state index contributed by atoms with van der Waals surface area (Å²) in [6.07, 6.45) is 4.33. The van der Waals surface area contributed by atoms with Crippen LogP contribution in [0.4, 0.5) is 0 Å². The van der Waals surface area contributed by atoms with Crippen molar-refractivity contribution >= 4 is 0 Å². The molecule has 1 saturated heterocycles. The molecule has 1 N–H and O–H groups in total. The van der Waals surface area contributed by atoms with Crippen LogP contribution in [0.15, 0.2) is 0 Å². The second-order valence-corrected chi connectivity index (χ2v) is 3.73. The summed E-state index contributed by atoms with van der Waals surface area (Å²) in [5, 5.41) is 3.42. The Labute approximate surface area is 68.3 Å². The highest BCUT2D eigenvalue weighted by atomic mass is 16.5. The Morgan fingerprint density at radius 3 is 2.82 bits per heavy atom. The molecule has 64 valence electrons. The zero-order chi connectivity index (χ0) is 7.52. The molecule has 1 heterocycles. The van der Waals surface area contributed by atoms with Crippen molar-refractivity contribution in [1.82, 2.24) is 5.32 Å². The van der Waals surface area contributed by atoms with Crippen molar-refractivity contribution in [3.63, 3.8) is 0 Å². The Bertz CT molecular complexity index is 115. The van der Waals surface area contributed by atoms with Gasteiger partial charge in [-0.05, 0) is 11.8 Å². The van der Waals surface area contributed by atoms with Crippen molar-refractivity contribution in [2.45, 2.75) is 19.3 Å². The lowest BCUT2D eigenvalue weighted by atomic mass is 9.76. The van der Waals surface area contributed by atoms with Crippen LogP contribution in [0.5, 0.6) is 0 Å². The first-order valence-corrected chi connectivity index (χ1v) is 4.75. The first-order chi connectivity index (χ1) is 5.47. The first-order valence-electron chi connectivity index (χ1n) is 4.75. The van der Waals surface area contributed by atoms with E-state index in [2.05, 4.69) is 5.32 Å². The third-order valence-corrected chi connectivity index (χ3v) is 2.98. The molecule has 0 unspecified atom stereocenters. The fourth-order valence-electron chi connectivity index (χ4n) is 1.94. The molecule has 0 aromatic carbocycles. The van der Waals surface area contributed by atoms with Gasteiger partial charge < -0.3 is 10.1 Å². The lowest BCUT2D eigenvalue weighted by molar-refractivity contribution is 0.0783. The Balaban J connectivity index is 1.80. The molecule has 0 aromatic rings. The maximum Gasteiger partial charge on any atom is 0.0591 e. The largest absolute Gasteiger partial charge is 0.380 e. The standard InChI is InChI=1S/C9H17NO/c1-2-8(3-1)9-6-10-4-5-11-7-9/h8-10H,1-7H2/t9-/m0/s1. The fraction of sp³-hybridized carbons (Fsp3) is 1.00. The third kappa shape index (κ3) is 1.74. The molecule has 11 heavy (non-hydrogen) atoms. The van der Waals surface area contributed by atoms with E-state index in [9.17, 15) is 0 Å². The van der Waals surface area contributed by atoms with E-state index in [1.165, 1.54) is 25.8 Å². The highest BCUT2D eigenvalue weighted by molar-refractivity contribution is 4.79. The van der Waals surface area contributed by atoms with Gasteiger partial charge in [-0.3, -0.25) is 0 Å². The van der Waals surface area contributed by atoms with E-state index in [1.54, 1.807) is 0 Å². The molecule has 2 rings (SSSR count). The quantitative estimate of drug-likeness (QED) is 0.610. The van der Waals surface area contributed by atoms with Crippen molar-refractivity contribution < 1.29 is 4.74 Å². The van der Waals surface area contributed by atoms with Crippen molar-refractivity contribution in [2.24, 2.45) is 11.8 Å². The van der Waals surface area contributed by atoms with E-state index < -0.39 is 0 Å². The van der Waals surface area contributed by atoms with Gasteiger partial charge in [-0.1, -0.05) is 19.3 Å². The van der Waals surface area contributed by atoms with E-state index in [-0.39, 0.29) is 0 Å². The van der Waals surface area contributed by atoms with Crippen LogP contribution in [0.2, 0.25) is 0 Å². The Kier molecular flexibility index (Phi) is 2.44. The lowest BCUT2D eigenvalue weighted by Crippen LogP contribution is -2.32. The van der Waals surface area contributed by atoms with Gasteiger partial charge in [-0.2, -0.15) is 0 Å². The lowest BCUT2D eigenvalue weighted by Gasteiger charge is -2.32. The molecule has 0 amide bonds. The molecular formula is C9H17NO. The highest BCUT2D eigenvalue weighted by Crippen LogP contribution is 2.33. The molecule has 1 saturated carbocycles. The van der Waals surface area contributed by atoms with Crippen LogP contribution < -0.4 is 5.32 Å². The summed E-state index contributed by atoms with van der Waals surface area (Å²) in [5.41, 5.74) is 0. The van der Waals surface area contributed by atoms with E-state index in [1.807, 2.05) is 0 Å². The summed E-state index contributed by atoms with van der Waals surface area (Å²) in [6, 6.07) is 0. The van der Waals surface area contributed by atoms with Crippen LogP contribution in [-0.2, 0) is 4.74 Å². The number of nitrogens with one attached hydrogen (secondary N) is 1. The molecule has 0 radical (unpaired) electrons. The van der Waals surface area contributed by atoms with E-state index in [0.717, 1.165) is 31.6 Å². The maximum atomic E-state index is 5.50. The molecule has 2 aliphatic rings. The van der Waals surface area contributed by atoms with Gasteiger partial charge in [-0.25, -0.2) is 0 Å². The van der Waals surface area contributed by atoms with Gasteiger partial charge in [0.2, 0.25) is 0 Å². The van der Waals surface area contributed by atoms with Gasteiger partial charge in [0, 0.05) is 13.1 Å². The topological polar surface area (TPSA) is 21.3 Å². The van der Waals surface area contributed by atoms with Gasteiger partial charge in [-0.15, -0.1) is 0 Å². The van der Waals surface area contributed by atoms with Crippen LogP contribution in [0.1, 0.15) is 19.3 Å². The molecule has 0 spiro atoms. The fourth-order valence-corrected chi connectivity index (χ4v) is 1.94. The van der Waals surface area contributed by atoms with E-state index in [4.69, 9.17) is 4.74 Å². The Hall–Kier alpha value is -0.0800. The van der Waals surface area contributed by atoms with Crippen LogP contribution in [0, 0.1) is 11.8 Å². The van der Waals surface area contributed by atoms with Gasteiger partial charge in [0.1, 0.15) is 0 Å². The van der Waals surface area contributed by atoms with Crippen molar-refractivity contribution in [2.75, 3.05) is 26.3 Å². The monoisotopic (exact) mass is 155 g/mol. The normalized spacial score (nSPS) is 34.4. The molecule has 1 aliphatic carbocycles. The summed E-state index contributed by atoms with van der Waals surface area (Å²) in [6.45, 7) is 4.13. The molecule has 2 nitrogen and oxygen atoms in total. The highest BCUT2D eigenvalue weighted by Gasteiger charge is 2.27. The summed E-state index contributed by atoms with van der Waals surface area (Å²) in [7, 11) is 0. The Morgan fingerprint density at radius 2 is 2.09 bits per heavy atom. The zero-order valence-corrected chi connectivity index (χ0v) is 7.01. The van der Waals surface area contributed by atoms with Crippen LogP contribution in [0.3, 0.4) is 0 Å². The molecule has 0 bridgehead atoms. The van der Waals surface area contributed by atoms with Gasteiger partial charge in [0.15, 0.2) is 0 Å². The minimum Gasteiger partial charge on any atom is -0.380 e. The van der Waals surface area contributed by atoms with Crippen molar-refractivity contribution in [3.05, 3.63) is 0 Å². The summed E-state index contributed by atoms with van der Waals surface area (Å²) >= 11 is 0. The van der Waals surface area contributed by atoms with Gasteiger partial charge >= 0.3 is 0 Å². The van der Waals surface area contributed by atoms with Gasteiger partial charge in [0.05, 0.1) is 13.2 Å². The minimum atomic E-state index is 0.811. The number of ether oxygens (including phenoxy) is 1. The number of rotatable bonds is 1. The first kappa shape index (κ1) is 7.56. The molecule has 0 aromatic heterocycles. The minimum absolute atomic E-state index is 0.811. The third-order valence-electron chi connectivity index (χ3n) is 2.98. The van der Waals surface area contributed by atoms with Gasteiger partial charge in [0.25, 0.3) is 0 Å². The summed E-state index contributed by atoms with van der Waals surface area (Å²) < 4.78 is 5.50. The second kappa shape index (κ2) is 3.55. The van der Waals surface area contributed by atoms with Crippen LogP contribution in [0.25, 0.3) is 0 Å². The maximum absolute atomic E-state index is 5.50. The molecule has 2 fully saturated rings. The smallest absolute Gasteiger partial charge is 0.0591 e.